The van der Waals surface area contributed by atoms with Crippen LogP contribution in [0.4, 0.5) is 0 Å². The molecule has 0 saturated carbocycles. The zero-order valence-electron chi connectivity index (χ0n) is 15.4. The van der Waals surface area contributed by atoms with Gasteiger partial charge in [0, 0.05) is 24.1 Å². The molecule has 3 rings (SSSR count). The second-order valence-corrected chi connectivity index (χ2v) is 6.18. The molecule has 0 radical (unpaired) electrons. The van der Waals surface area contributed by atoms with Crippen molar-refractivity contribution in [2.24, 2.45) is 0 Å². The molecule has 0 fully saturated rings. The van der Waals surface area contributed by atoms with Crippen LogP contribution in [-0.2, 0) is 11.3 Å². The number of aromatic nitrogens is 2. The monoisotopic (exact) mass is 361 g/mol. The molecule has 27 heavy (non-hydrogen) atoms. The summed E-state index contributed by atoms with van der Waals surface area (Å²) in [6, 6.07) is 15.8. The summed E-state index contributed by atoms with van der Waals surface area (Å²) >= 11 is 0. The number of amides is 1. The van der Waals surface area contributed by atoms with Gasteiger partial charge in [-0.3, -0.25) is 4.79 Å². The highest BCUT2D eigenvalue weighted by Crippen LogP contribution is 2.25. The average molecular weight is 361 g/mol. The summed E-state index contributed by atoms with van der Waals surface area (Å²) in [7, 11) is 1.65. The summed E-state index contributed by atoms with van der Waals surface area (Å²) in [5, 5.41) is 2.91. The fourth-order valence-corrected chi connectivity index (χ4v) is 2.71. The third-order valence-corrected chi connectivity index (χ3v) is 4.25. The van der Waals surface area contributed by atoms with Crippen molar-refractivity contribution in [3.8, 4) is 28.4 Å². The lowest BCUT2D eigenvalue weighted by Crippen LogP contribution is -2.22. The molecule has 0 unspecified atom stereocenters. The molecule has 2 aromatic carbocycles. The highest BCUT2D eigenvalue weighted by molar-refractivity contribution is 5.76. The molecule has 0 aliphatic rings. The average Bonchev–Trinajstić information content (AvgIpc) is 3.21. The summed E-state index contributed by atoms with van der Waals surface area (Å²) in [4.78, 5) is 19.5. The van der Waals surface area contributed by atoms with Crippen molar-refractivity contribution in [1.82, 2.24) is 15.3 Å². The lowest BCUT2D eigenvalue weighted by Gasteiger charge is -2.05. The highest BCUT2D eigenvalue weighted by atomic mass is 16.5. The third-order valence-electron chi connectivity index (χ3n) is 4.25. The van der Waals surface area contributed by atoms with Crippen molar-refractivity contribution in [1.29, 1.82) is 0 Å². The van der Waals surface area contributed by atoms with Crippen LogP contribution in [0.5, 0.6) is 5.75 Å². The molecule has 138 valence electrons. The minimum atomic E-state index is 0.0351. The SMILES string of the molecule is C=CCCC(=O)NCc1ccc(-c2ncc(-c3cccc(OC)c3)[nH]2)cc1. The number of aromatic amines is 1. The maximum absolute atomic E-state index is 11.7. The van der Waals surface area contributed by atoms with Crippen LogP contribution in [0.3, 0.4) is 0 Å². The number of nitrogens with one attached hydrogen (secondary N) is 2. The maximum Gasteiger partial charge on any atom is 0.220 e. The fourth-order valence-electron chi connectivity index (χ4n) is 2.71. The zero-order chi connectivity index (χ0) is 19.1. The molecule has 1 amide bonds. The van der Waals surface area contributed by atoms with Gasteiger partial charge in [-0.1, -0.05) is 42.5 Å². The predicted molar refractivity (Wildman–Crippen MR) is 107 cm³/mol. The first kappa shape index (κ1) is 18.5. The Balaban J connectivity index is 1.66. The number of rotatable bonds is 8. The van der Waals surface area contributed by atoms with E-state index in [4.69, 9.17) is 4.74 Å². The Hall–Kier alpha value is -3.34. The Morgan fingerprint density at radius 1 is 1.22 bits per heavy atom. The number of imidazole rings is 1. The quantitative estimate of drug-likeness (QED) is 0.587. The number of benzene rings is 2. The first-order valence-electron chi connectivity index (χ1n) is 8.86. The maximum atomic E-state index is 11.7. The van der Waals surface area contributed by atoms with E-state index in [1.807, 2.05) is 54.7 Å². The summed E-state index contributed by atoms with van der Waals surface area (Å²) in [5.41, 5.74) is 3.99. The van der Waals surface area contributed by atoms with E-state index in [9.17, 15) is 4.79 Å². The molecule has 0 spiro atoms. The van der Waals surface area contributed by atoms with Crippen molar-refractivity contribution in [2.75, 3.05) is 7.11 Å². The number of carbonyl (C=O) groups is 1. The Bertz CT molecular complexity index is 913. The molecule has 2 N–H and O–H groups in total. The summed E-state index contributed by atoms with van der Waals surface area (Å²) in [6.07, 6.45) is 4.73. The van der Waals surface area contributed by atoms with E-state index < -0.39 is 0 Å². The first-order valence-corrected chi connectivity index (χ1v) is 8.86. The standard InChI is InChI=1S/C22H23N3O2/c1-3-4-8-21(26)23-14-16-9-11-17(12-10-16)22-24-15-20(25-22)18-6-5-7-19(13-18)27-2/h3,5-7,9-13,15H,1,4,8,14H2,2H3,(H,23,26)(H,24,25). The number of nitrogens with zero attached hydrogens (tertiary/aromatic N) is 1. The fraction of sp³-hybridized carbons (Fsp3) is 0.182. The number of methoxy groups -OCH3 is 1. The molecule has 0 atom stereocenters. The topological polar surface area (TPSA) is 67.0 Å². The number of hydrogen-bond acceptors (Lipinski definition) is 3. The Kier molecular flexibility index (Phi) is 6.05. The molecule has 3 aromatic rings. The van der Waals surface area contributed by atoms with E-state index in [0.717, 1.165) is 34.0 Å². The number of H-pyrrole nitrogens is 1. The molecule has 5 heteroatoms. The number of hydrogen-bond donors (Lipinski definition) is 2. The summed E-state index contributed by atoms with van der Waals surface area (Å²) in [5.74, 6) is 1.64. The van der Waals surface area contributed by atoms with Gasteiger partial charge >= 0.3 is 0 Å². The number of allylic oxidation sites excluding steroid dienone is 1. The third kappa shape index (κ3) is 4.85. The van der Waals surface area contributed by atoms with E-state index in [-0.39, 0.29) is 5.91 Å². The van der Waals surface area contributed by atoms with Crippen molar-refractivity contribution >= 4 is 5.91 Å². The Labute approximate surface area is 159 Å². The molecule has 0 aliphatic heterocycles. The molecular weight excluding hydrogens is 338 g/mol. The van der Waals surface area contributed by atoms with Gasteiger partial charge in [0.2, 0.25) is 5.91 Å². The molecule has 0 saturated heterocycles. The van der Waals surface area contributed by atoms with Crippen molar-refractivity contribution < 1.29 is 9.53 Å². The van der Waals surface area contributed by atoms with Crippen LogP contribution < -0.4 is 10.1 Å². The van der Waals surface area contributed by atoms with Gasteiger partial charge in [-0.05, 0) is 24.1 Å². The highest BCUT2D eigenvalue weighted by Gasteiger charge is 2.07. The van der Waals surface area contributed by atoms with Gasteiger partial charge in [0.15, 0.2) is 0 Å². The van der Waals surface area contributed by atoms with Gasteiger partial charge < -0.3 is 15.0 Å². The van der Waals surface area contributed by atoms with Gasteiger partial charge in [-0.25, -0.2) is 4.98 Å². The first-order chi connectivity index (χ1) is 13.2. The Morgan fingerprint density at radius 3 is 2.78 bits per heavy atom. The second kappa shape index (κ2) is 8.85. The summed E-state index contributed by atoms with van der Waals surface area (Å²) < 4.78 is 5.27. The van der Waals surface area contributed by atoms with Crippen LogP contribution in [0.2, 0.25) is 0 Å². The van der Waals surface area contributed by atoms with Crippen LogP contribution in [0.1, 0.15) is 18.4 Å². The van der Waals surface area contributed by atoms with Crippen LogP contribution in [0, 0.1) is 0 Å². The van der Waals surface area contributed by atoms with E-state index in [1.165, 1.54) is 0 Å². The lowest BCUT2D eigenvalue weighted by atomic mass is 10.1. The van der Waals surface area contributed by atoms with Crippen molar-refractivity contribution in [3.63, 3.8) is 0 Å². The van der Waals surface area contributed by atoms with E-state index in [0.29, 0.717) is 19.4 Å². The zero-order valence-corrected chi connectivity index (χ0v) is 15.4. The second-order valence-electron chi connectivity index (χ2n) is 6.18. The number of carbonyl (C=O) groups excluding carboxylic acids is 1. The molecule has 0 aliphatic carbocycles. The predicted octanol–water partition coefficient (Wildman–Crippen LogP) is 4.33. The van der Waals surface area contributed by atoms with Crippen molar-refractivity contribution in [2.45, 2.75) is 19.4 Å². The van der Waals surface area contributed by atoms with E-state index in [2.05, 4.69) is 21.9 Å². The van der Waals surface area contributed by atoms with Gasteiger partial charge in [0.05, 0.1) is 19.0 Å². The summed E-state index contributed by atoms with van der Waals surface area (Å²) in [6.45, 7) is 4.14. The van der Waals surface area contributed by atoms with E-state index >= 15 is 0 Å². The molecule has 5 nitrogen and oxygen atoms in total. The van der Waals surface area contributed by atoms with Crippen molar-refractivity contribution in [3.05, 3.63) is 72.9 Å². The van der Waals surface area contributed by atoms with Crippen LogP contribution in [0.25, 0.3) is 22.6 Å². The molecule has 1 heterocycles. The lowest BCUT2D eigenvalue weighted by molar-refractivity contribution is -0.121. The minimum Gasteiger partial charge on any atom is -0.497 e. The van der Waals surface area contributed by atoms with Crippen LogP contribution in [0.15, 0.2) is 67.4 Å². The minimum absolute atomic E-state index is 0.0351. The normalized spacial score (nSPS) is 10.4. The number of ether oxygens (including phenoxy) is 1. The van der Waals surface area contributed by atoms with E-state index in [1.54, 1.807) is 13.2 Å². The molecule has 0 bridgehead atoms. The van der Waals surface area contributed by atoms with Crippen LogP contribution in [-0.4, -0.2) is 23.0 Å². The largest absolute Gasteiger partial charge is 0.497 e. The van der Waals surface area contributed by atoms with Gasteiger partial charge in [0.1, 0.15) is 11.6 Å². The van der Waals surface area contributed by atoms with Gasteiger partial charge in [-0.2, -0.15) is 0 Å². The Morgan fingerprint density at radius 2 is 2.04 bits per heavy atom. The van der Waals surface area contributed by atoms with Gasteiger partial charge in [-0.15, -0.1) is 6.58 Å². The van der Waals surface area contributed by atoms with Crippen LogP contribution >= 0.6 is 0 Å². The smallest absolute Gasteiger partial charge is 0.220 e. The molecular formula is C22H23N3O2. The van der Waals surface area contributed by atoms with Gasteiger partial charge in [0.25, 0.3) is 0 Å². The molecule has 1 aromatic heterocycles.